The number of carbonyl (C=O) groups is 1. The molecule has 0 aliphatic carbocycles. The molecule has 0 saturated heterocycles. The Morgan fingerprint density at radius 2 is 2.11 bits per heavy atom. The van der Waals surface area contributed by atoms with Crippen LogP contribution in [0, 0.1) is 6.92 Å². The van der Waals surface area contributed by atoms with E-state index in [1.54, 1.807) is 6.20 Å². The van der Waals surface area contributed by atoms with Gasteiger partial charge < -0.3 is 11.1 Å². The van der Waals surface area contributed by atoms with Crippen LogP contribution in [-0.4, -0.2) is 17.4 Å². The molecule has 100 valence electrons. The van der Waals surface area contributed by atoms with Crippen LogP contribution in [0.25, 0.3) is 0 Å². The van der Waals surface area contributed by atoms with Crippen molar-refractivity contribution in [1.82, 2.24) is 4.98 Å². The first-order valence-corrected chi connectivity index (χ1v) is 7.05. The van der Waals surface area contributed by atoms with E-state index in [0.29, 0.717) is 6.42 Å². The molecule has 1 aromatic heterocycles. The fourth-order valence-corrected chi connectivity index (χ4v) is 1.85. The molecule has 0 atom stereocenters. The van der Waals surface area contributed by atoms with Gasteiger partial charge in [0.2, 0.25) is 5.91 Å². The van der Waals surface area contributed by atoms with E-state index in [9.17, 15) is 4.79 Å². The average molecular weight is 314 g/mol. The molecule has 1 rings (SSSR count). The molecular weight excluding hydrogens is 294 g/mol. The Labute approximate surface area is 116 Å². The van der Waals surface area contributed by atoms with Gasteiger partial charge in [-0.1, -0.05) is 12.8 Å². The molecule has 5 heteroatoms. The number of halogens is 1. The fraction of sp³-hybridized carbons (Fsp3) is 0.538. The van der Waals surface area contributed by atoms with Crippen LogP contribution in [-0.2, 0) is 4.79 Å². The summed E-state index contributed by atoms with van der Waals surface area (Å²) >= 11 is 3.33. The standard InChI is InChI=1S/C13H20BrN3O/c1-10-8-11(9-16-13(10)14)17-12(18)6-4-2-3-5-7-15/h8-9H,2-7,15H2,1H3,(H,17,18). The molecule has 0 spiro atoms. The first kappa shape index (κ1) is 15.1. The molecule has 18 heavy (non-hydrogen) atoms. The summed E-state index contributed by atoms with van der Waals surface area (Å²) in [7, 11) is 0. The Hall–Kier alpha value is -0.940. The number of hydrogen-bond donors (Lipinski definition) is 2. The maximum atomic E-state index is 11.7. The van der Waals surface area contributed by atoms with Crippen LogP contribution in [0.5, 0.6) is 0 Å². The average Bonchev–Trinajstić information content (AvgIpc) is 2.34. The summed E-state index contributed by atoms with van der Waals surface area (Å²) in [6.07, 6.45) is 6.32. The second-order valence-corrected chi connectivity index (χ2v) is 5.08. The quantitative estimate of drug-likeness (QED) is 0.600. The van der Waals surface area contributed by atoms with Crippen LogP contribution in [0.2, 0.25) is 0 Å². The van der Waals surface area contributed by atoms with Gasteiger partial charge in [-0.15, -0.1) is 0 Å². The van der Waals surface area contributed by atoms with E-state index in [-0.39, 0.29) is 5.91 Å². The van der Waals surface area contributed by atoms with Crippen molar-refractivity contribution in [3.05, 3.63) is 22.4 Å². The molecule has 0 unspecified atom stereocenters. The Kier molecular flexibility index (Phi) is 6.90. The summed E-state index contributed by atoms with van der Waals surface area (Å²) in [6.45, 7) is 2.68. The lowest BCUT2D eigenvalue weighted by molar-refractivity contribution is -0.116. The van der Waals surface area contributed by atoms with Crippen molar-refractivity contribution in [3.8, 4) is 0 Å². The SMILES string of the molecule is Cc1cc(NC(=O)CCCCCCN)cnc1Br. The van der Waals surface area contributed by atoms with Crippen molar-refractivity contribution in [2.75, 3.05) is 11.9 Å². The highest BCUT2D eigenvalue weighted by Crippen LogP contribution is 2.17. The Bertz CT molecular complexity index is 396. The summed E-state index contributed by atoms with van der Waals surface area (Å²) in [5, 5.41) is 2.85. The third-order valence-corrected chi connectivity index (χ3v) is 3.49. The van der Waals surface area contributed by atoms with Crippen LogP contribution < -0.4 is 11.1 Å². The number of nitrogens with one attached hydrogen (secondary N) is 1. The Balaban J connectivity index is 2.29. The molecule has 0 aromatic carbocycles. The molecule has 0 radical (unpaired) electrons. The second-order valence-electron chi connectivity index (χ2n) is 4.33. The van der Waals surface area contributed by atoms with E-state index in [4.69, 9.17) is 5.73 Å². The molecule has 4 nitrogen and oxygen atoms in total. The third kappa shape index (κ3) is 5.60. The van der Waals surface area contributed by atoms with Gasteiger partial charge in [0.25, 0.3) is 0 Å². The molecule has 1 heterocycles. The third-order valence-electron chi connectivity index (χ3n) is 2.66. The first-order chi connectivity index (χ1) is 8.63. The smallest absolute Gasteiger partial charge is 0.224 e. The lowest BCUT2D eigenvalue weighted by atomic mass is 10.1. The van der Waals surface area contributed by atoms with Crippen molar-refractivity contribution >= 4 is 27.5 Å². The molecule has 0 saturated carbocycles. The van der Waals surface area contributed by atoms with E-state index in [0.717, 1.165) is 48.1 Å². The molecule has 3 N–H and O–H groups in total. The van der Waals surface area contributed by atoms with Crippen LogP contribution in [0.1, 0.15) is 37.7 Å². The zero-order chi connectivity index (χ0) is 13.4. The number of anilines is 1. The maximum Gasteiger partial charge on any atom is 0.224 e. The van der Waals surface area contributed by atoms with Crippen molar-refractivity contribution in [1.29, 1.82) is 0 Å². The number of aryl methyl sites for hydroxylation is 1. The predicted molar refractivity (Wildman–Crippen MR) is 77.4 cm³/mol. The lowest BCUT2D eigenvalue weighted by Gasteiger charge is -2.06. The zero-order valence-corrected chi connectivity index (χ0v) is 12.3. The van der Waals surface area contributed by atoms with Gasteiger partial charge in [0.1, 0.15) is 4.60 Å². The molecule has 0 bridgehead atoms. The number of carbonyl (C=O) groups excluding carboxylic acids is 1. The van der Waals surface area contributed by atoms with Gasteiger partial charge in [-0.25, -0.2) is 4.98 Å². The summed E-state index contributed by atoms with van der Waals surface area (Å²) in [6, 6.07) is 1.91. The van der Waals surface area contributed by atoms with Gasteiger partial charge >= 0.3 is 0 Å². The maximum absolute atomic E-state index is 11.7. The van der Waals surface area contributed by atoms with Crippen LogP contribution in [0.3, 0.4) is 0 Å². The van der Waals surface area contributed by atoms with Gasteiger partial charge in [0, 0.05) is 6.42 Å². The van der Waals surface area contributed by atoms with E-state index in [2.05, 4.69) is 26.2 Å². The number of rotatable bonds is 7. The minimum atomic E-state index is 0.0475. The highest BCUT2D eigenvalue weighted by Gasteiger charge is 2.04. The lowest BCUT2D eigenvalue weighted by Crippen LogP contribution is -2.11. The fourth-order valence-electron chi connectivity index (χ4n) is 1.63. The molecule has 0 aliphatic heterocycles. The van der Waals surface area contributed by atoms with Gasteiger partial charge in [-0.05, 0) is 53.9 Å². The van der Waals surface area contributed by atoms with Gasteiger partial charge in [0.15, 0.2) is 0 Å². The van der Waals surface area contributed by atoms with Crippen molar-refractivity contribution in [2.45, 2.75) is 39.0 Å². The van der Waals surface area contributed by atoms with Crippen LogP contribution in [0.15, 0.2) is 16.9 Å². The molecule has 1 aromatic rings. The van der Waals surface area contributed by atoms with E-state index >= 15 is 0 Å². The Morgan fingerprint density at radius 1 is 1.39 bits per heavy atom. The van der Waals surface area contributed by atoms with Gasteiger partial charge in [-0.3, -0.25) is 4.79 Å². The van der Waals surface area contributed by atoms with Crippen LogP contribution in [0.4, 0.5) is 5.69 Å². The summed E-state index contributed by atoms with van der Waals surface area (Å²) in [4.78, 5) is 15.8. The molecule has 1 amide bonds. The number of nitrogens with zero attached hydrogens (tertiary/aromatic N) is 1. The largest absolute Gasteiger partial charge is 0.330 e. The zero-order valence-electron chi connectivity index (χ0n) is 10.7. The second kappa shape index (κ2) is 8.21. The number of nitrogens with two attached hydrogens (primary N) is 1. The highest BCUT2D eigenvalue weighted by atomic mass is 79.9. The minimum absolute atomic E-state index is 0.0475. The normalized spacial score (nSPS) is 10.4. The number of hydrogen-bond acceptors (Lipinski definition) is 3. The van der Waals surface area contributed by atoms with Gasteiger partial charge in [-0.2, -0.15) is 0 Å². The topological polar surface area (TPSA) is 68.0 Å². The highest BCUT2D eigenvalue weighted by molar-refractivity contribution is 9.10. The van der Waals surface area contributed by atoms with E-state index in [1.807, 2.05) is 13.0 Å². The first-order valence-electron chi connectivity index (χ1n) is 6.25. The van der Waals surface area contributed by atoms with E-state index < -0.39 is 0 Å². The van der Waals surface area contributed by atoms with Crippen molar-refractivity contribution < 1.29 is 4.79 Å². The number of aromatic nitrogens is 1. The summed E-state index contributed by atoms with van der Waals surface area (Å²) in [5.41, 5.74) is 7.17. The summed E-state index contributed by atoms with van der Waals surface area (Å²) in [5.74, 6) is 0.0475. The summed E-state index contributed by atoms with van der Waals surface area (Å²) < 4.78 is 0.808. The predicted octanol–water partition coefficient (Wildman–Crippen LogP) is 3.00. The molecular formula is C13H20BrN3O. The molecule has 0 fully saturated rings. The van der Waals surface area contributed by atoms with Crippen molar-refractivity contribution in [2.24, 2.45) is 5.73 Å². The minimum Gasteiger partial charge on any atom is -0.330 e. The van der Waals surface area contributed by atoms with Crippen molar-refractivity contribution in [3.63, 3.8) is 0 Å². The monoisotopic (exact) mass is 313 g/mol. The van der Waals surface area contributed by atoms with Crippen LogP contribution >= 0.6 is 15.9 Å². The number of amides is 1. The van der Waals surface area contributed by atoms with E-state index in [1.165, 1.54) is 0 Å². The molecule has 0 aliphatic rings. The number of pyridine rings is 1. The van der Waals surface area contributed by atoms with Gasteiger partial charge in [0.05, 0.1) is 11.9 Å². The Morgan fingerprint density at radius 3 is 2.78 bits per heavy atom. The number of unbranched alkanes of at least 4 members (excludes halogenated alkanes) is 3.